The van der Waals surface area contributed by atoms with Crippen molar-refractivity contribution >= 4 is 13.8 Å². The number of methoxy groups -OCH3 is 1. The van der Waals surface area contributed by atoms with E-state index in [1.54, 1.807) is 0 Å². The van der Waals surface area contributed by atoms with Gasteiger partial charge in [-0.15, -0.1) is 0 Å². The summed E-state index contributed by atoms with van der Waals surface area (Å²) in [6.07, 6.45) is -0.0508. The molecule has 3 N–H and O–H groups in total. The Morgan fingerprint density at radius 2 is 2.33 bits per heavy atom. The SMILES string of the molecule is [B]CC(=O)NC(COC)CON. The molecular weight excluding hydrogens is 159 g/mol. The summed E-state index contributed by atoms with van der Waals surface area (Å²) in [5.74, 6) is 4.58. The Morgan fingerprint density at radius 1 is 1.67 bits per heavy atom. The van der Waals surface area contributed by atoms with E-state index in [0.29, 0.717) is 6.61 Å². The number of nitrogens with one attached hydrogen (secondary N) is 1. The quantitative estimate of drug-likeness (QED) is 0.381. The van der Waals surface area contributed by atoms with Crippen molar-refractivity contribution in [1.82, 2.24) is 5.32 Å². The number of carbonyl (C=O) groups excluding carboxylic acids is 1. The Bertz CT molecular complexity index is 128. The topological polar surface area (TPSA) is 73.6 Å². The van der Waals surface area contributed by atoms with Gasteiger partial charge in [0.2, 0.25) is 5.91 Å². The van der Waals surface area contributed by atoms with Gasteiger partial charge in [0.15, 0.2) is 0 Å². The molecule has 0 aliphatic carbocycles. The summed E-state index contributed by atoms with van der Waals surface area (Å²) in [6.45, 7) is 0.558. The highest BCUT2D eigenvalue weighted by atomic mass is 16.6. The van der Waals surface area contributed by atoms with Crippen molar-refractivity contribution in [3.05, 3.63) is 0 Å². The Balaban J connectivity index is 3.68. The number of hydrogen-bond donors (Lipinski definition) is 2. The van der Waals surface area contributed by atoms with Gasteiger partial charge < -0.3 is 14.9 Å². The average Bonchev–Trinajstić information content (AvgIpc) is 2.05. The van der Waals surface area contributed by atoms with Crippen LogP contribution in [0.25, 0.3) is 0 Å². The Kier molecular flexibility index (Phi) is 6.74. The number of carbonyl (C=O) groups is 1. The van der Waals surface area contributed by atoms with E-state index in [0.717, 1.165) is 0 Å². The maximum absolute atomic E-state index is 10.8. The molecule has 1 unspecified atom stereocenters. The zero-order valence-electron chi connectivity index (χ0n) is 7.08. The summed E-state index contributed by atoms with van der Waals surface area (Å²) < 4.78 is 4.81. The molecule has 0 spiro atoms. The fraction of sp³-hybridized carbons (Fsp3) is 0.833. The van der Waals surface area contributed by atoms with Crippen molar-refractivity contribution in [2.24, 2.45) is 5.90 Å². The summed E-state index contributed by atoms with van der Waals surface area (Å²) in [5, 5.41) is 2.57. The molecule has 0 saturated carbocycles. The van der Waals surface area contributed by atoms with Crippen LogP contribution in [-0.4, -0.2) is 40.1 Å². The van der Waals surface area contributed by atoms with E-state index in [9.17, 15) is 4.79 Å². The third-order valence-corrected chi connectivity index (χ3v) is 1.22. The lowest BCUT2D eigenvalue weighted by atomic mass is 10.0. The summed E-state index contributed by atoms with van der Waals surface area (Å²) >= 11 is 0. The van der Waals surface area contributed by atoms with Crippen LogP contribution in [0, 0.1) is 0 Å². The molecule has 0 saturated heterocycles. The van der Waals surface area contributed by atoms with E-state index in [-0.39, 0.29) is 24.9 Å². The highest BCUT2D eigenvalue weighted by molar-refractivity contribution is 6.19. The van der Waals surface area contributed by atoms with Gasteiger partial charge in [-0.05, 0) is 6.32 Å². The molecule has 0 aliphatic heterocycles. The smallest absolute Gasteiger partial charge is 0.211 e. The van der Waals surface area contributed by atoms with Crippen LogP contribution >= 0.6 is 0 Å². The molecule has 0 aromatic heterocycles. The minimum atomic E-state index is -0.255. The van der Waals surface area contributed by atoms with Crippen molar-refractivity contribution in [1.29, 1.82) is 0 Å². The number of rotatable bonds is 6. The van der Waals surface area contributed by atoms with Crippen molar-refractivity contribution in [3.63, 3.8) is 0 Å². The average molecular weight is 172 g/mol. The van der Waals surface area contributed by atoms with Crippen LogP contribution < -0.4 is 11.2 Å². The molecule has 0 aromatic carbocycles. The summed E-state index contributed by atoms with van der Waals surface area (Å²) in [5.41, 5.74) is 0. The van der Waals surface area contributed by atoms with Gasteiger partial charge in [-0.25, -0.2) is 5.90 Å². The second-order valence-corrected chi connectivity index (χ2v) is 2.26. The van der Waals surface area contributed by atoms with E-state index >= 15 is 0 Å². The van der Waals surface area contributed by atoms with Gasteiger partial charge in [0.05, 0.1) is 27.1 Å². The molecule has 0 aliphatic rings. The van der Waals surface area contributed by atoms with Crippen molar-refractivity contribution in [2.45, 2.75) is 12.4 Å². The molecule has 0 rings (SSSR count). The minimum Gasteiger partial charge on any atom is -0.382 e. The summed E-state index contributed by atoms with van der Waals surface area (Å²) in [4.78, 5) is 15.2. The molecule has 6 heteroatoms. The lowest BCUT2D eigenvalue weighted by Gasteiger charge is -2.15. The van der Waals surface area contributed by atoms with Crippen LogP contribution in [0.3, 0.4) is 0 Å². The Labute approximate surface area is 72.9 Å². The second-order valence-electron chi connectivity index (χ2n) is 2.26. The largest absolute Gasteiger partial charge is 0.382 e. The normalized spacial score (nSPS) is 12.5. The van der Waals surface area contributed by atoms with Gasteiger partial charge in [0.1, 0.15) is 0 Å². The standard InChI is InChI=1S/C6H13BN2O3/c1-11-3-5(4-12-8)9-6(10)2-7/h5H,2-4,8H2,1H3,(H,9,10). The molecule has 0 fully saturated rings. The fourth-order valence-corrected chi connectivity index (χ4v) is 0.735. The zero-order chi connectivity index (χ0) is 9.40. The van der Waals surface area contributed by atoms with Crippen molar-refractivity contribution < 1.29 is 14.4 Å². The van der Waals surface area contributed by atoms with Crippen LogP contribution in [0.15, 0.2) is 0 Å². The first-order valence-electron chi connectivity index (χ1n) is 3.54. The predicted octanol–water partition coefficient (Wildman–Crippen LogP) is -1.41. The molecule has 0 bridgehead atoms. The molecule has 12 heavy (non-hydrogen) atoms. The number of amides is 1. The zero-order valence-corrected chi connectivity index (χ0v) is 7.08. The number of ether oxygens (including phenoxy) is 1. The first kappa shape index (κ1) is 11.4. The monoisotopic (exact) mass is 172 g/mol. The lowest BCUT2D eigenvalue weighted by Crippen LogP contribution is -2.41. The van der Waals surface area contributed by atoms with E-state index in [4.69, 9.17) is 18.5 Å². The Hall–Kier alpha value is -0.585. The molecule has 5 nitrogen and oxygen atoms in total. The van der Waals surface area contributed by atoms with Crippen LogP contribution in [-0.2, 0) is 14.4 Å². The minimum absolute atomic E-state index is 0.0508. The molecule has 0 heterocycles. The van der Waals surface area contributed by atoms with E-state index < -0.39 is 0 Å². The third kappa shape index (κ3) is 5.12. The van der Waals surface area contributed by atoms with Crippen LogP contribution in [0.1, 0.15) is 0 Å². The lowest BCUT2D eigenvalue weighted by molar-refractivity contribution is -0.120. The number of nitrogens with two attached hydrogens (primary N) is 1. The first-order valence-corrected chi connectivity index (χ1v) is 3.54. The summed E-state index contributed by atoms with van der Waals surface area (Å²) in [7, 11) is 6.61. The second kappa shape index (κ2) is 7.09. The molecule has 1 atom stereocenters. The van der Waals surface area contributed by atoms with Crippen molar-refractivity contribution in [2.75, 3.05) is 20.3 Å². The van der Waals surface area contributed by atoms with Crippen molar-refractivity contribution in [3.8, 4) is 0 Å². The molecule has 0 aromatic rings. The van der Waals surface area contributed by atoms with Gasteiger partial charge >= 0.3 is 0 Å². The summed E-state index contributed by atoms with van der Waals surface area (Å²) in [6, 6.07) is -0.240. The van der Waals surface area contributed by atoms with Gasteiger partial charge in [0.25, 0.3) is 0 Å². The maximum Gasteiger partial charge on any atom is 0.211 e. The molecule has 1 amide bonds. The molecular formula is C6H13BN2O3. The third-order valence-electron chi connectivity index (χ3n) is 1.22. The fourth-order valence-electron chi connectivity index (χ4n) is 0.735. The highest BCUT2D eigenvalue weighted by Crippen LogP contribution is 1.86. The van der Waals surface area contributed by atoms with Crippen LogP contribution in [0.5, 0.6) is 0 Å². The maximum atomic E-state index is 10.8. The Morgan fingerprint density at radius 3 is 2.75 bits per heavy atom. The number of hydrogen-bond acceptors (Lipinski definition) is 4. The predicted molar refractivity (Wildman–Crippen MR) is 44.5 cm³/mol. The van der Waals surface area contributed by atoms with E-state index in [1.165, 1.54) is 7.11 Å². The van der Waals surface area contributed by atoms with Gasteiger partial charge in [-0.2, -0.15) is 0 Å². The van der Waals surface area contributed by atoms with Crippen LogP contribution in [0.2, 0.25) is 6.32 Å². The van der Waals surface area contributed by atoms with Gasteiger partial charge in [0, 0.05) is 7.11 Å². The van der Waals surface area contributed by atoms with Gasteiger partial charge in [-0.1, -0.05) is 0 Å². The van der Waals surface area contributed by atoms with E-state index in [2.05, 4.69) is 10.2 Å². The molecule has 68 valence electrons. The highest BCUT2D eigenvalue weighted by Gasteiger charge is 2.09. The van der Waals surface area contributed by atoms with E-state index in [1.807, 2.05) is 0 Å². The van der Waals surface area contributed by atoms with Gasteiger partial charge in [-0.3, -0.25) is 4.79 Å². The first-order chi connectivity index (χ1) is 5.74. The molecule has 2 radical (unpaired) electrons. The van der Waals surface area contributed by atoms with Crippen LogP contribution in [0.4, 0.5) is 0 Å².